The number of hydrogen-bond acceptors (Lipinski definition) is 2. The van der Waals surface area contributed by atoms with Gasteiger partial charge in [-0.1, -0.05) is 13.8 Å². The van der Waals surface area contributed by atoms with Crippen LogP contribution in [-0.2, 0) is 0 Å². The molecule has 2 nitrogen and oxygen atoms in total. The molecule has 1 atom stereocenters. The highest BCUT2D eigenvalue weighted by molar-refractivity contribution is 4.74. The summed E-state index contributed by atoms with van der Waals surface area (Å²) in [5.74, 6) is 0. The van der Waals surface area contributed by atoms with Gasteiger partial charge in [-0.3, -0.25) is 0 Å². The molecule has 0 saturated heterocycles. The average molecular weight is 172 g/mol. The Labute approximate surface area is 77.1 Å². The van der Waals surface area contributed by atoms with Crippen LogP contribution in [-0.4, -0.2) is 24.2 Å². The van der Waals surface area contributed by atoms with Gasteiger partial charge in [-0.2, -0.15) is 0 Å². The number of hydrogen-bond donors (Lipinski definition) is 2. The Hall–Kier alpha value is -0.0800. The van der Waals surface area contributed by atoms with E-state index in [1.807, 2.05) is 0 Å². The van der Waals surface area contributed by atoms with Crippen LogP contribution in [0.15, 0.2) is 0 Å². The quantitative estimate of drug-likeness (QED) is 0.675. The lowest BCUT2D eigenvalue weighted by molar-refractivity contribution is 0.376. The molecule has 0 saturated carbocycles. The third kappa shape index (κ3) is 8.02. The predicted molar refractivity (Wildman–Crippen MR) is 55.5 cm³/mol. The van der Waals surface area contributed by atoms with E-state index in [4.69, 9.17) is 0 Å². The van der Waals surface area contributed by atoms with E-state index in [0.717, 1.165) is 6.54 Å². The summed E-state index contributed by atoms with van der Waals surface area (Å²) in [7, 11) is 0. The average Bonchev–Trinajstić information content (AvgIpc) is 1.80. The van der Waals surface area contributed by atoms with Crippen LogP contribution < -0.4 is 10.6 Å². The molecule has 0 heterocycles. The smallest absolute Gasteiger partial charge is 0.0166 e. The molecule has 0 aromatic rings. The Morgan fingerprint density at radius 1 is 1.08 bits per heavy atom. The second-order valence-corrected chi connectivity index (χ2v) is 4.85. The maximum absolute atomic E-state index is 3.46. The first-order valence-corrected chi connectivity index (χ1v) is 4.82. The minimum atomic E-state index is 0.229. The highest BCUT2D eigenvalue weighted by atomic mass is 15.0. The van der Waals surface area contributed by atoms with E-state index in [1.54, 1.807) is 0 Å². The van der Waals surface area contributed by atoms with Gasteiger partial charge in [0.2, 0.25) is 0 Å². The number of rotatable bonds is 4. The van der Waals surface area contributed by atoms with Gasteiger partial charge in [0.15, 0.2) is 0 Å². The molecule has 0 bridgehead atoms. The maximum Gasteiger partial charge on any atom is 0.0166 e. The first-order valence-electron chi connectivity index (χ1n) is 4.82. The molecule has 0 radical (unpaired) electrons. The lowest BCUT2D eigenvalue weighted by atomic mass is 10.1. The molecule has 0 aromatic heterocycles. The van der Waals surface area contributed by atoms with Crippen molar-refractivity contribution in [3.63, 3.8) is 0 Å². The van der Waals surface area contributed by atoms with E-state index >= 15 is 0 Å². The topological polar surface area (TPSA) is 24.1 Å². The standard InChI is InChI=1S/C10H24N2/c1-8(2)12-9(3)7-11-10(4,5)6/h8-9,11-12H,7H2,1-6H3. The SMILES string of the molecule is CC(C)NC(C)CNC(C)(C)C. The Balaban J connectivity index is 3.51. The Kier molecular flexibility index (Phi) is 4.80. The van der Waals surface area contributed by atoms with Crippen LogP contribution >= 0.6 is 0 Å². The van der Waals surface area contributed by atoms with Gasteiger partial charge in [-0.05, 0) is 27.7 Å². The summed E-state index contributed by atoms with van der Waals surface area (Å²) in [6.45, 7) is 14.2. The molecule has 0 aliphatic carbocycles. The van der Waals surface area contributed by atoms with E-state index < -0.39 is 0 Å². The summed E-state index contributed by atoms with van der Waals surface area (Å²) >= 11 is 0. The third-order valence-electron chi connectivity index (χ3n) is 1.56. The summed E-state index contributed by atoms with van der Waals surface area (Å²) < 4.78 is 0. The summed E-state index contributed by atoms with van der Waals surface area (Å²) in [6.07, 6.45) is 0. The predicted octanol–water partition coefficient (Wildman–Crippen LogP) is 1.76. The molecule has 0 rings (SSSR count). The molecule has 1 unspecified atom stereocenters. The van der Waals surface area contributed by atoms with Crippen molar-refractivity contribution in [2.45, 2.75) is 59.2 Å². The molecule has 2 heteroatoms. The summed E-state index contributed by atoms with van der Waals surface area (Å²) in [5, 5.41) is 6.92. The van der Waals surface area contributed by atoms with Crippen LogP contribution in [0.4, 0.5) is 0 Å². The highest BCUT2D eigenvalue weighted by Gasteiger charge is 2.10. The molecule has 0 aromatic carbocycles. The number of nitrogens with one attached hydrogen (secondary N) is 2. The van der Waals surface area contributed by atoms with Crippen LogP contribution in [0.3, 0.4) is 0 Å². The van der Waals surface area contributed by atoms with Gasteiger partial charge in [0.25, 0.3) is 0 Å². The van der Waals surface area contributed by atoms with Crippen LogP contribution in [0.1, 0.15) is 41.5 Å². The van der Waals surface area contributed by atoms with E-state index in [-0.39, 0.29) is 5.54 Å². The molecule has 74 valence electrons. The molecule has 0 amide bonds. The largest absolute Gasteiger partial charge is 0.311 e. The summed E-state index contributed by atoms with van der Waals surface area (Å²) in [5.41, 5.74) is 0.229. The Morgan fingerprint density at radius 2 is 1.58 bits per heavy atom. The van der Waals surface area contributed by atoms with Gasteiger partial charge in [0.05, 0.1) is 0 Å². The molecule has 0 aliphatic heterocycles. The van der Waals surface area contributed by atoms with Crippen LogP contribution in [0.5, 0.6) is 0 Å². The van der Waals surface area contributed by atoms with E-state index in [2.05, 4.69) is 52.2 Å². The summed E-state index contributed by atoms with van der Waals surface area (Å²) in [6, 6.07) is 1.12. The molecular weight excluding hydrogens is 148 g/mol. The normalized spacial score (nSPS) is 15.2. The van der Waals surface area contributed by atoms with Gasteiger partial charge in [0, 0.05) is 24.2 Å². The van der Waals surface area contributed by atoms with Crippen LogP contribution in [0, 0.1) is 0 Å². The van der Waals surface area contributed by atoms with Gasteiger partial charge in [-0.15, -0.1) is 0 Å². The molecule has 12 heavy (non-hydrogen) atoms. The minimum Gasteiger partial charge on any atom is -0.311 e. The fourth-order valence-electron chi connectivity index (χ4n) is 1.09. The van der Waals surface area contributed by atoms with E-state index in [1.165, 1.54) is 0 Å². The Bertz CT molecular complexity index is 113. The van der Waals surface area contributed by atoms with Crippen molar-refractivity contribution < 1.29 is 0 Å². The second-order valence-electron chi connectivity index (χ2n) is 4.85. The van der Waals surface area contributed by atoms with Crippen molar-refractivity contribution >= 4 is 0 Å². The van der Waals surface area contributed by atoms with Gasteiger partial charge in [0.1, 0.15) is 0 Å². The first-order chi connectivity index (χ1) is 5.31. The zero-order chi connectivity index (χ0) is 9.78. The maximum atomic E-state index is 3.46. The fraction of sp³-hybridized carbons (Fsp3) is 1.00. The lowest BCUT2D eigenvalue weighted by Crippen LogP contribution is -2.46. The van der Waals surface area contributed by atoms with E-state index in [0.29, 0.717) is 12.1 Å². The van der Waals surface area contributed by atoms with Gasteiger partial charge >= 0.3 is 0 Å². The fourth-order valence-corrected chi connectivity index (χ4v) is 1.09. The molecule has 0 spiro atoms. The van der Waals surface area contributed by atoms with Crippen molar-refractivity contribution in [1.82, 2.24) is 10.6 Å². The highest BCUT2D eigenvalue weighted by Crippen LogP contribution is 1.98. The molecule has 0 aliphatic rings. The van der Waals surface area contributed by atoms with Crippen molar-refractivity contribution in [3.8, 4) is 0 Å². The van der Waals surface area contributed by atoms with Gasteiger partial charge < -0.3 is 10.6 Å². The summed E-state index contributed by atoms with van der Waals surface area (Å²) in [4.78, 5) is 0. The lowest BCUT2D eigenvalue weighted by Gasteiger charge is -2.25. The Morgan fingerprint density at radius 3 is 1.92 bits per heavy atom. The van der Waals surface area contributed by atoms with Crippen molar-refractivity contribution in [1.29, 1.82) is 0 Å². The minimum absolute atomic E-state index is 0.229. The molecule has 0 fully saturated rings. The zero-order valence-electron chi connectivity index (χ0n) is 9.36. The molecule has 2 N–H and O–H groups in total. The van der Waals surface area contributed by atoms with E-state index in [9.17, 15) is 0 Å². The van der Waals surface area contributed by atoms with Crippen molar-refractivity contribution in [2.75, 3.05) is 6.54 Å². The second kappa shape index (κ2) is 4.83. The first kappa shape index (κ1) is 11.9. The monoisotopic (exact) mass is 172 g/mol. The van der Waals surface area contributed by atoms with Crippen molar-refractivity contribution in [2.24, 2.45) is 0 Å². The van der Waals surface area contributed by atoms with Crippen molar-refractivity contribution in [3.05, 3.63) is 0 Å². The van der Waals surface area contributed by atoms with Crippen LogP contribution in [0.2, 0.25) is 0 Å². The van der Waals surface area contributed by atoms with Crippen LogP contribution in [0.25, 0.3) is 0 Å². The molecular formula is C10H24N2. The van der Waals surface area contributed by atoms with Gasteiger partial charge in [-0.25, -0.2) is 0 Å². The zero-order valence-corrected chi connectivity index (χ0v) is 9.36. The third-order valence-corrected chi connectivity index (χ3v) is 1.56.